The molecule has 0 amide bonds. The van der Waals surface area contributed by atoms with Crippen LogP contribution in [0.2, 0.25) is 0 Å². The summed E-state index contributed by atoms with van der Waals surface area (Å²) in [5.74, 6) is 1.53. The zero-order chi connectivity index (χ0) is 33.5. The highest BCUT2D eigenvalue weighted by atomic mass is 32.1. The monoisotopic (exact) mass is 672 g/mol. The SMILES string of the molecule is c1ccc(C2=NC(c3ccc4sc5cc6c(cc5c4c3)oc3cc(-n4c5ccccc5c5ccccc54)ccc36)NC(c3ccccc3)=N2)cc1. The number of amidine groups is 2. The summed E-state index contributed by atoms with van der Waals surface area (Å²) in [7, 11) is 0. The van der Waals surface area contributed by atoms with Gasteiger partial charge in [0.05, 0.1) is 11.0 Å². The molecule has 4 heterocycles. The average Bonchev–Trinajstić information content (AvgIpc) is 3.85. The predicted molar refractivity (Wildman–Crippen MR) is 213 cm³/mol. The van der Waals surface area contributed by atoms with Gasteiger partial charge in [-0.25, -0.2) is 9.98 Å². The van der Waals surface area contributed by atoms with E-state index < -0.39 is 0 Å². The van der Waals surface area contributed by atoms with Crippen molar-refractivity contribution >= 4 is 86.9 Å². The molecule has 1 aliphatic rings. The summed E-state index contributed by atoms with van der Waals surface area (Å²) < 4.78 is 11.5. The van der Waals surface area contributed by atoms with Crippen LogP contribution in [0, 0.1) is 0 Å². The highest BCUT2D eigenvalue weighted by molar-refractivity contribution is 7.25. The molecule has 0 aliphatic carbocycles. The number of nitrogens with zero attached hydrogens (tertiary/aromatic N) is 3. The summed E-state index contributed by atoms with van der Waals surface area (Å²) in [6.07, 6.45) is -0.290. The highest BCUT2D eigenvalue weighted by Crippen LogP contribution is 2.41. The molecule has 5 nitrogen and oxygen atoms in total. The van der Waals surface area contributed by atoms with Crippen LogP contribution in [-0.4, -0.2) is 16.2 Å². The third-order valence-electron chi connectivity index (χ3n) is 10.0. The number of hydrogen-bond acceptors (Lipinski definition) is 5. The lowest BCUT2D eigenvalue weighted by molar-refractivity contribution is 0.669. The zero-order valence-corrected chi connectivity index (χ0v) is 28.1. The second kappa shape index (κ2) is 11.0. The minimum atomic E-state index is -0.290. The molecule has 1 unspecified atom stereocenters. The number of para-hydroxylation sites is 2. The first-order valence-corrected chi connectivity index (χ1v) is 17.9. The van der Waals surface area contributed by atoms with Gasteiger partial charge < -0.3 is 14.3 Å². The van der Waals surface area contributed by atoms with E-state index >= 15 is 0 Å². The zero-order valence-electron chi connectivity index (χ0n) is 27.2. The second-order valence-electron chi connectivity index (χ2n) is 13.0. The molecular weight excluding hydrogens is 645 g/mol. The molecule has 0 saturated heterocycles. The number of thiophene rings is 1. The van der Waals surface area contributed by atoms with E-state index in [1.54, 1.807) is 0 Å². The van der Waals surface area contributed by atoms with Crippen LogP contribution in [0.5, 0.6) is 0 Å². The molecule has 1 N–H and O–H groups in total. The number of furan rings is 1. The van der Waals surface area contributed by atoms with Crippen molar-refractivity contribution < 1.29 is 4.42 Å². The number of hydrogen-bond donors (Lipinski definition) is 1. The summed E-state index contributed by atoms with van der Waals surface area (Å²) in [4.78, 5) is 10.1. The van der Waals surface area contributed by atoms with Crippen LogP contribution in [0.25, 0.3) is 69.6 Å². The fourth-order valence-electron chi connectivity index (χ4n) is 7.64. The highest BCUT2D eigenvalue weighted by Gasteiger charge is 2.22. The van der Waals surface area contributed by atoms with Gasteiger partial charge in [0.15, 0.2) is 5.84 Å². The number of benzene rings is 7. The molecule has 0 bridgehead atoms. The Hall–Kier alpha value is -6.50. The fraction of sp³-hybridized carbons (Fsp3) is 0.0222. The molecule has 0 spiro atoms. The van der Waals surface area contributed by atoms with Crippen LogP contribution in [0.1, 0.15) is 22.9 Å². The summed E-state index contributed by atoms with van der Waals surface area (Å²) in [5.41, 5.74) is 8.34. The maximum atomic E-state index is 6.66. The lowest BCUT2D eigenvalue weighted by atomic mass is 10.0. The van der Waals surface area contributed by atoms with Crippen molar-refractivity contribution in [1.82, 2.24) is 9.88 Å². The molecule has 240 valence electrons. The van der Waals surface area contributed by atoms with Crippen LogP contribution in [0.3, 0.4) is 0 Å². The Bertz CT molecular complexity index is 3010. The van der Waals surface area contributed by atoms with Crippen molar-refractivity contribution in [1.29, 1.82) is 0 Å². The first-order chi connectivity index (χ1) is 25.2. The normalized spacial score (nSPS) is 14.9. The van der Waals surface area contributed by atoms with Gasteiger partial charge in [0.25, 0.3) is 0 Å². The van der Waals surface area contributed by atoms with E-state index in [0.717, 1.165) is 56.0 Å². The third-order valence-corrected chi connectivity index (χ3v) is 11.2. The van der Waals surface area contributed by atoms with E-state index in [2.05, 4.69) is 131 Å². The van der Waals surface area contributed by atoms with Crippen LogP contribution < -0.4 is 5.32 Å². The maximum Gasteiger partial charge on any atom is 0.159 e. The van der Waals surface area contributed by atoms with E-state index in [-0.39, 0.29) is 6.17 Å². The van der Waals surface area contributed by atoms with Gasteiger partial charge >= 0.3 is 0 Å². The van der Waals surface area contributed by atoms with Crippen LogP contribution in [0.15, 0.2) is 172 Å². The molecule has 11 rings (SSSR count). The van der Waals surface area contributed by atoms with E-state index in [0.29, 0.717) is 0 Å². The van der Waals surface area contributed by atoms with Crippen molar-refractivity contribution in [3.05, 3.63) is 174 Å². The Morgan fingerprint density at radius 2 is 1.20 bits per heavy atom. The number of nitrogens with one attached hydrogen (secondary N) is 1. The Morgan fingerprint density at radius 3 is 1.96 bits per heavy atom. The van der Waals surface area contributed by atoms with Gasteiger partial charge in [-0.3, -0.25) is 0 Å². The minimum absolute atomic E-state index is 0.290. The topological polar surface area (TPSA) is 54.8 Å². The number of aromatic nitrogens is 1. The molecule has 10 aromatic rings. The smallest absolute Gasteiger partial charge is 0.159 e. The van der Waals surface area contributed by atoms with E-state index in [4.69, 9.17) is 14.4 Å². The third kappa shape index (κ3) is 4.47. The Labute approximate surface area is 296 Å². The fourth-order valence-corrected chi connectivity index (χ4v) is 8.75. The molecule has 1 aliphatic heterocycles. The van der Waals surface area contributed by atoms with Crippen molar-refractivity contribution in [2.24, 2.45) is 9.98 Å². The van der Waals surface area contributed by atoms with Crippen molar-refractivity contribution in [3.8, 4) is 5.69 Å². The number of fused-ring (bicyclic) bond motifs is 9. The summed E-state index contributed by atoms with van der Waals surface area (Å²) >= 11 is 1.82. The van der Waals surface area contributed by atoms with E-state index in [1.165, 1.54) is 42.0 Å². The van der Waals surface area contributed by atoms with Gasteiger partial charge in [0, 0.05) is 64.6 Å². The van der Waals surface area contributed by atoms with Gasteiger partial charge in [-0.1, -0.05) is 103 Å². The molecule has 0 fully saturated rings. The van der Waals surface area contributed by atoms with Crippen LogP contribution in [-0.2, 0) is 0 Å². The van der Waals surface area contributed by atoms with Crippen LogP contribution >= 0.6 is 11.3 Å². The van der Waals surface area contributed by atoms with E-state index in [1.807, 2.05) is 47.7 Å². The lowest BCUT2D eigenvalue weighted by Gasteiger charge is -2.23. The van der Waals surface area contributed by atoms with Gasteiger partial charge in [-0.15, -0.1) is 11.3 Å². The molecule has 6 heteroatoms. The lowest BCUT2D eigenvalue weighted by Crippen LogP contribution is -2.33. The molecule has 51 heavy (non-hydrogen) atoms. The summed E-state index contributed by atoms with van der Waals surface area (Å²) in [6.45, 7) is 0. The minimum Gasteiger partial charge on any atom is -0.456 e. The largest absolute Gasteiger partial charge is 0.456 e. The van der Waals surface area contributed by atoms with Gasteiger partial charge in [-0.05, 0) is 54.1 Å². The molecule has 0 radical (unpaired) electrons. The number of aliphatic imine (C=N–C) groups is 2. The summed E-state index contributed by atoms with van der Waals surface area (Å²) in [6, 6.07) is 55.5. The predicted octanol–water partition coefficient (Wildman–Crippen LogP) is 11.5. The maximum absolute atomic E-state index is 6.66. The first kappa shape index (κ1) is 28.3. The average molecular weight is 673 g/mol. The van der Waals surface area contributed by atoms with Crippen LogP contribution in [0.4, 0.5) is 0 Å². The quantitative estimate of drug-likeness (QED) is 0.202. The molecule has 3 aromatic heterocycles. The molecule has 1 atom stereocenters. The van der Waals surface area contributed by atoms with Gasteiger partial charge in [0.2, 0.25) is 0 Å². The Balaban J connectivity index is 1.03. The molecule has 7 aromatic carbocycles. The molecule has 0 saturated carbocycles. The molecular formula is C45H28N4OS. The van der Waals surface area contributed by atoms with Crippen molar-refractivity contribution in [2.45, 2.75) is 6.17 Å². The second-order valence-corrected chi connectivity index (χ2v) is 14.1. The Kier molecular flexibility index (Phi) is 6.12. The summed E-state index contributed by atoms with van der Waals surface area (Å²) in [5, 5.41) is 10.8. The standard InChI is InChI=1S/C45H28N4OS/c1-3-11-27(12-4-1)43-46-44(28-13-5-2-6-14-28)48-45(47-43)29-19-22-41-35(23-29)36-25-40-34(26-42(36)51-41)33-21-20-30(24-39(33)50-40)49-37-17-9-7-15-31(37)32-16-8-10-18-38(32)49/h1-26,45H,(H,46,47,48). The van der Waals surface area contributed by atoms with Crippen molar-refractivity contribution in [2.75, 3.05) is 0 Å². The van der Waals surface area contributed by atoms with Crippen molar-refractivity contribution in [3.63, 3.8) is 0 Å². The van der Waals surface area contributed by atoms with Gasteiger partial charge in [0.1, 0.15) is 23.2 Å². The first-order valence-electron chi connectivity index (χ1n) is 17.1. The van der Waals surface area contributed by atoms with Gasteiger partial charge in [-0.2, -0.15) is 0 Å². The Morgan fingerprint density at radius 1 is 0.529 bits per heavy atom. The van der Waals surface area contributed by atoms with E-state index in [9.17, 15) is 0 Å². The number of rotatable bonds is 4.